The van der Waals surface area contributed by atoms with E-state index in [2.05, 4.69) is 45.7 Å². The maximum atomic E-state index is 10.9. The Kier molecular flexibility index (Phi) is 6.32. The van der Waals surface area contributed by atoms with E-state index in [1.807, 2.05) is 23.1 Å². The highest BCUT2D eigenvalue weighted by Crippen LogP contribution is 2.24. The maximum absolute atomic E-state index is 10.9. The summed E-state index contributed by atoms with van der Waals surface area (Å²) >= 11 is 6.88. The van der Waals surface area contributed by atoms with Gasteiger partial charge in [-0.3, -0.25) is 9.69 Å². The molecule has 0 amide bonds. The van der Waals surface area contributed by atoms with Gasteiger partial charge in [-0.25, -0.2) is 0 Å². The third-order valence-electron chi connectivity index (χ3n) is 2.92. The lowest BCUT2D eigenvalue weighted by molar-refractivity contribution is -0.139. The first-order valence-electron chi connectivity index (χ1n) is 5.83. The zero-order valence-electron chi connectivity index (χ0n) is 10.5. The van der Waals surface area contributed by atoms with Gasteiger partial charge in [0.1, 0.15) is 0 Å². The molecular weight excluding hydrogens is 362 g/mol. The van der Waals surface area contributed by atoms with Crippen LogP contribution in [0.5, 0.6) is 0 Å². The number of hydrogen-bond donors (Lipinski definition) is 1. The summed E-state index contributed by atoms with van der Waals surface area (Å²) < 4.78 is 1.99. The number of nitrogens with zero attached hydrogens (tertiary/aromatic N) is 1. The van der Waals surface area contributed by atoms with Crippen molar-refractivity contribution >= 4 is 37.8 Å². The van der Waals surface area contributed by atoms with Crippen molar-refractivity contribution in [1.82, 2.24) is 4.90 Å². The van der Waals surface area contributed by atoms with E-state index < -0.39 is 5.97 Å². The Labute approximate surface area is 124 Å². The van der Waals surface area contributed by atoms with Gasteiger partial charge in [0, 0.05) is 21.5 Å². The summed E-state index contributed by atoms with van der Waals surface area (Å²) in [6.45, 7) is 4.84. The number of carbonyl (C=O) groups is 1. The molecule has 100 valence electrons. The van der Waals surface area contributed by atoms with Gasteiger partial charge in [-0.2, -0.15) is 0 Å². The van der Waals surface area contributed by atoms with Crippen molar-refractivity contribution < 1.29 is 9.90 Å². The molecule has 3 nitrogen and oxygen atoms in total. The van der Waals surface area contributed by atoms with Gasteiger partial charge in [0.2, 0.25) is 0 Å². The standard InChI is InChI=1S/C13H17Br2NO2/c1-3-9(2)16(8-13(17)18)7-10-4-5-11(14)12(15)6-10/h4-6,9H,3,7-8H2,1-2H3,(H,17,18). The first-order valence-corrected chi connectivity index (χ1v) is 7.42. The molecule has 1 aromatic carbocycles. The molecule has 0 saturated heterocycles. The van der Waals surface area contributed by atoms with E-state index in [0.29, 0.717) is 6.54 Å². The highest BCUT2D eigenvalue weighted by atomic mass is 79.9. The van der Waals surface area contributed by atoms with Crippen molar-refractivity contribution in [2.45, 2.75) is 32.9 Å². The molecule has 0 fully saturated rings. The van der Waals surface area contributed by atoms with Crippen LogP contribution in [0.3, 0.4) is 0 Å². The number of aliphatic carboxylic acids is 1. The SMILES string of the molecule is CCC(C)N(CC(=O)O)Cc1ccc(Br)c(Br)c1. The quantitative estimate of drug-likeness (QED) is 0.816. The molecule has 1 atom stereocenters. The molecule has 18 heavy (non-hydrogen) atoms. The van der Waals surface area contributed by atoms with Crippen LogP contribution < -0.4 is 0 Å². The molecule has 5 heteroatoms. The third kappa shape index (κ3) is 4.71. The minimum absolute atomic E-state index is 0.0721. The van der Waals surface area contributed by atoms with E-state index in [4.69, 9.17) is 5.11 Å². The van der Waals surface area contributed by atoms with E-state index >= 15 is 0 Å². The fraction of sp³-hybridized carbons (Fsp3) is 0.462. The van der Waals surface area contributed by atoms with Crippen LogP contribution >= 0.6 is 31.9 Å². The van der Waals surface area contributed by atoms with E-state index in [-0.39, 0.29) is 12.6 Å². The number of benzene rings is 1. The molecule has 0 heterocycles. The van der Waals surface area contributed by atoms with E-state index in [1.165, 1.54) is 0 Å². The molecule has 1 aromatic rings. The average Bonchev–Trinajstić information content (AvgIpc) is 2.31. The molecule has 0 saturated carbocycles. The molecule has 1 unspecified atom stereocenters. The van der Waals surface area contributed by atoms with Crippen molar-refractivity contribution in [1.29, 1.82) is 0 Å². The van der Waals surface area contributed by atoms with Crippen molar-refractivity contribution in [2.75, 3.05) is 6.54 Å². The smallest absolute Gasteiger partial charge is 0.317 e. The average molecular weight is 379 g/mol. The monoisotopic (exact) mass is 377 g/mol. The summed E-state index contributed by atoms with van der Waals surface area (Å²) in [4.78, 5) is 12.9. The highest BCUT2D eigenvalue weighted by molar-refractivity contribution is 9.13. The molecule has 0 aliphatic rings. The Hall–Kier alpha value is -0.390. The number of rotatable bonds is 6. The highest BCUT2D eigenvalue weighted by Gasteiger charge is 2.16. The zero-order chi connectivity index (χ0) is 13.7. The molecule has 0 bridgehead atoms. The molecule has 0 aliphatic heterocycles. The Balaban J connectivity index is 2.81. The third-order valence-corrected chi connectivity index (χ3v) is 4.80. The van der Waals surface area contributed by atoms with Gasteiger partial charge >= 0.3 is 5.97 Å². The lowest BCUT2D eigenvalue weighted by atomic mass is 10.1. The number of carboxylic acid groups (broad SMARTS) is 1. The predicted octanol–water partition coefficient (Wildman–Crippen LogP) is 3.90. The first kappa shape index (κ1) is 15.7. The van der Waals surface area contributed by atoms with E-state index in [0.717, 1.165) is 20.9 Å². The molecule has 0 aromatic heterocycles. The van der Waals surface area contributed by atoms with E-state index in [1.54, 1.807) is 0 Å². The van der Waals surface area contributed by atoms with Crippen LogP contribution in [0.25, 0.3) is 0 Å². The minimum Gasteiger partial charge on any atom is -0.480 e. The van der Waals surface area contributed by atoms with Crippen molar-refractivity contribution in [2.24, 2.45) is 0 Å². The van der Waals surface area contributed by atoms with Gasteiger partial charge in [-0.15, -0.1) is 0 Å². The van der Waals surface area contributed by atoms with Gasteiger partial charge < -0.3 is 5.11 Å². The Morgan fingerprint density at radius 1 is 1.39 bits per heavy atom. The van der Waals surface area contributed by atoms with Crippen molar-refractivity contribution in [3.05, 3.63) is 32.7 Å². The molecule has 0 radical (unpaired) electrons. The van der Waals surface area contributed by atoms with Crippen LogP contribution in [-0.2, 0) is 11.3 Å². The Bertz CT molecular complexity index is 423. The summed E-state index contributed by atoms with van der Waals surface area (Å²) in [6, 6.07) is 6.24. The van der Waals surface area contributed by atoms with Gasteiger partial charge in [-0.05, 0) is 62.9 Å². The summed E-state index contributed by atoms with van der Waals surface area (Å²) in [5, 5.41) is 8.95. The van der Waals surface area contributed by atoms with Crippen LogP contribution in [0.4, 0.5) is 0 Å². The Morgan fingerprint density at radius 2 is 2.06 bits per heavy atom. The maximum Gasteiger partial charge on any atom is 0.317 e. The van der Waals surface area contributed by atoms with Crippen LogP contribution in [-0.4, -0.2) is 28.6 Å². The van der Waals surface area contributed by atoms with Gasteiger partial charge in [0.25, 0.3) is 0 Å². The second-order valence-electron chi connectivity index (χ2n) is 4.30. The summed E-state index contributed by atoms with van der Waals surface area (Å²) in [5.41, 5.74) is 1.10. The normalized spacial score (nSPS) is 12.7. The van der Waals surface area contributed by atoms with Crippen LogP contribution in [0, 0.1) is 0 Å². The van der Waals surface area contributed by atoms with Crippen molar-refractivity contribution in [3.8, 4) is 0 Å². The summed E-state index contributed by atoms with van der Waals surface area (Å²) in [7, 11) is 0. The Morgan fingerprint density at radius 3 is 2.56 bits per heavy atom. The number of hydrogen-bond acceptors (Lipinski definition) is 2. The van der Waals surface area contributed by atoms with Gasteiger partial charge in [0.15, 0.2) is 0 Å². The lowest BCUT2D eigenvalue weighted by Crippen LogP contribution is -2.36. The topological polar surface area (TPSA) is 40.5 Å². The van der Waals surface area contributed by atoms with Gasteiger partial charge in [0.05, 0.1) is 6.54 Å². The number of halogens is 2. The second-order valence-corrected chi connectivity index (χ2v) is 6.01. The van der Waals surface area contributed by atoms with Crippen LogP contribution in [0.2, 0.25) is 0 Å². The van der Waals surface area contributed by atoms with E-state index in [9.17, 15) is 4.79 Å². The van der Waals surface area contributed by atoms with Gasteiger partial charge in [-0.1, -0.05) is 13.0 Å². The summed E-state index contributed by atoms with van der Waals surface area (Å²) in [5.74, 6) is -0.786. The molecule has 0 aliphatic carbocycles. The number of carboxylic acids is 1. The molecular formula is C13H17Br2NO2. The zero-order valence-corrected chi connectivity index (χ0v) is 13.7. The largest absolute Gasteiger partial charge is 0.480 e. The minimum atomic E-state index is -0.786. The predicted molar refractivity (Wildman–Crippen MR) is 79.6 cm³/mol. The van der Waals surface area contributed by atoms with Crippen LogP contribution in [0.1, 0.15) is 25.8 Å². The second kappa shape index (κ2) is 7.26. The lowest BCUT2D eigenvalue weighted by Gasteiger charge is -2.26. The van der Waals surface area contributed by atoms with Crippen molar-refractivity contribution in [3.63, 3.8) is 0 Å². The van der Waals surface area contributed by atoms with Crippen LogP contribution in [0.15, 0.2) is 27.1 Å². The first-order chi connectivity index (χ1) is 8.43. The summed E-state index contributed by atoms with van der Waals surface area (Å²) in [6.07, 6.45) is 0.935. The molecule has 1 N–H and O–H groups in total. The molecule has 0 spiro atoms. The molecule has 1 rings (SSSR count). The fourth-order valence-corrected chi connectivity index (χ4v) is 2.34. The fourth-order valence-electron chi connectivity index (χ4n) is 1.67.